The van der Waals surface area contributed by atoms with E-state index < -0.39 is 0 Å². The third kappa shape index (κ3) is 2.33. The van der Waals surface area contributed by atoms with Gasteiger partial charge in [0.2, 0.25) is 0 Å². The van der Waals surface area contributed by atoms with Crippen LogP contribution < -0.4 is 0 Å². The number of allylic oxidation sites excluding steroid dienone is 2. The maximum Gasteiger partial charge on any atom is 0.124 e. The molecule has 0 heterocycles. The number of carbonyl (C=O) groups excluding carboxylic acids is 1. The topological polar surface area (TPSA) is 17.1 Å². The highest BCUT2D eigenvalue weighted by Crippen LogP contribution is 2.32. The van der Waals surface area contributed by atoms with Crippen molar-refractivity contribution in [3.63, 3.8) is 0 Å². The van der Waals surface area contributed by atoms with E-state index in [9.17, 15) is 4.79 Å². The highest BCUT2D eigenvalue weighted by atomic mass is 16.1. The minimum Gasteiger partial charge on any atom is -0.303 e. The molecule has 12 heavy (non-hydrogen) atoms. The zero-order chi connectivity index (χ0) is 9.78. The first-order valence-corrected chi connectivity index (χ1v) is 4.21. The van der Waals surface area contributed by atoms with Crippen LogP contribution in [0, 0.1) is 17.3 Å². The van der Waals surface area contributed by atoms with Crippen LogP contribution in [0.1, 0.15) is 20.8 Å². The summed E-state index contributed by atoms with van der Waals surface area (Å²) in [7, 11) is 0. The molecule has 0 N–H and O–H groups in total. The summed E-state index contributed by atoms with van der Waals surface area (Å²) in [5, 5.41) is 0. The van der Waals surface area contributed by atoms with Crippen molar-refractivity contribution in [1.82, 2.24) is 0 Å². The molecule has 0 fully saturated rings. The normalized spacial score (nSPS) is 16.2. The standard InChI is InChI=1S/C11H18O/c1-6-9(3)10(8-12)11(4,5)7-2/h6-10H,1-2H2,3-5H3. The van der Waals surface area contributed by atoms with E-state index in [0.717, 1.165) is 6.29 Å². The molecule has 0 aliphatic carbocycles. The molecule has 0 aromatic carbocycles. The molecule has 2 atom stereocenters. The molecule has 2 unspecified atom stereocenters. The Morgan fingerprint density at radius 1 is 1.33 bits per heavy atom. The zero-order valence-electron chi connectivity index (χ0n) is 8.21. The van der Waals surface area contributed by atoms with Crippen LogP contribution >= 0.6 is 0 Å². The van der Waals surface area contributed by atoms with Crippen LogP contribution in [-0.4, -0.2) is 6.29 Å². The zero-order valence-corrected chi connectivity index (χ0v) is 8.21. The van der Waals surface area contributed by atoms with Gasteiger partial charge in [0.25, 0.3) is 0 Å². The van der Waals surface area contributed by atoms with Gasteiger partial charge in [-0.1, -0.05) is 32.9 Å². The SMILES string of the molecule is C=CC(C)C(C=O)C(C)(C)C=C. The van der Waals surface area contributed by atoms with Crippen LogP contribution in [0.5, 0.6) is 0 Å². The summed E-state index contributed by atoms with van der Waals surface area (Å²) in [6.45, 7) is 13.4. The van der Waals surface area contributed by atoms with Crippen LogP contribution in [0.25, 0.3) is 0 Å². The molecule has 0 aliphatic rings. The monoisotopic (exact) mass is 166 g/mol. The molecule has 0 aromatic heterocycles. The van der Waals surface area contributed by atoms with E-state index in [0.29, 0.717) is 0 Å². The second-order valence-corrected chi connectivity index (χ2v) is 3.78. The molecule has 1 heteroatoms. The smallest absolute Gasteiger partial charge is 0.124 e. The van der Waals surface area contributed by atoms with Crippen LogP contribution in [-0.2, 0) is 4.79 Å². The molecule has 0 saturated heterocycles. The van der Waals surface area contributed by atoms with Crippen molar-refractivity contribution in [2.75, 3.05) is 0 Å². The molecule has 0 amide bonds. The lowest BCUT2D eigenvalue weighted by Crippen LogP contribution is -2.27. The molecule has 0 bridgehead atoms. The molecular formula is C11H18O. The maximum absolute atomic E-state index is 10.8. The van der Waals surface area contributed by atoms with E-state index in [4.69, 9.17) is 0 Å². The van der Waals surface area contributed by atoms with E-state index in [2.05, 4.69) is 13.2 Å². The Balaban J connectivity index is 4.64. The summed E-state index contributed by atoms with van der Waals surface area (Å²) in [4.78, 5) is 10.8. The van der Waals surface area contributed by atoms with Gasteiger partial charge < -0.3 is 4.79 Å². The van der Waals surface area contributed by atoms with Gasteiger partial charge in [-0.05, 0) is 11.3 Å². The van der Waals surface area contributed by atoms with Crippen molar-refractivity contribution in [3.8, 4) is 0 Å². The van der Waals surface area contributed by atoms with Crippen molar-refractivity contribution < 1.29 is 4.79 Å². The fourth-order valence-corrected chi connectivity index (χ4v) is 1.26. The van der Waals surface area contributed by atoms with Gasteiger partial charge >= 0.3 is 0 Å². The first-order chi connectivity index (χ1) is 5.49. The summed E-state index contributed by atoms with van der Waals surface area (Å²) < 4.78 is 0. The predicted octanol–water partition coefficient (Wildman–Crippen LogP) is 2.84. The molecule has 68 valence electrons. The summed E-state index contributed by atoms with van der Waals surface area (Å²) in [6.07, 6.45) is 4.63. The number of hydrogen-bond donors (Lipinski definition) is 0. The Bertz CT molecular complexity index is 179. The Morgan fingerprint density at radius 2 is 1.83 bits per heavy atom. The fraction of sp³-hybridized carbons (Fsp3) is 0.545. The average molecular weight is 166 g/mol. The van der Waals surface area contributed by atoms with Crippen LogP contribution in [0.3, 0.4) is 0 Å². The summed E-state index contributed by atoms with van der Waals surface area (Å²) >= 11 is 0. The summed E-state index contributed by atoms with van der Waals surface area (Å²) in [6, 6.07) is 0. The van der Waals surface area contributed by atoms with Gasteiger partial charge in [-0.25, -0.2) is 0 Å². The summed E-state index contributed by atoms with van der Waals surface area (Å²) in [5.74, 6) is 0.183. The minimum atomic E-state index is -0.143. The van der Waals surface area contributed by atoms with Gasteiger partial charge in [0.15, 0.2) is 0 Å². The molecule has 0 rings (SSSR count). The fourth-order valence-electron chi connectivity index (χ4n) is 1.26. The second-order valence-electron chi connectivity index (χ2n) is 3.78. The van der Waals surface area contributed by atoms with Crippen LogP contribution in [0.2, 0.25) is 0 Å². The minimum absolute atomic E-state index is 0.0208. The van der Waals surface area contributed by atoms with Gasteiger partial charge in [0, 0.05) is 5.92 Å². The van der Waals surface area contributed by atoms with Gasteiger partial charge in [-0.2, -0.15) is 0 Å². The second kappa shape index (κ2) is 4.24. The average Bonchev–Trinajstić information content (AvgIpc) is 2.05. The molecule has 0 aliphatic heterocycles. The molecular weight excluding hydrogens is 148 g/mol. The van der Waals surface area contributed by atoms with Crippen molar-refractivity contribution in [2.45, 2.75) is 20.8 Å². The van der Waals surface area contributed by atoms with Gasteiger partial charge in [0.05, 0.1) is 0 Å². The molecule has 0 spiro atoms. The van der Waals surface area contributed by atoms with Crippen LogP contribution in [0.15, 0.2) is 25.3 Å². The number of carbonyl (C=O) groups is 1. The molecule has 0 radical (unpaired) electrons. The molecule has 0 saturated carbocycles. The molecule has 0 aromatic rings. The first kappa shape index (κ1) is 11.2. The van der Waals surface area contributed by atoms with Gasteiger partial charge in [-0.3, -0.25) is 0 Å². The Labute approximate surface area is 75.2 Å². The Kier molecular flexibility index (Phi) is 3.94. The lowest BCUT2D eigenvalue weighted by atomic mass is 9.73. The van der Waals surface area contributed by atoms with Gasteiger partial charge in [-0.15, -0.1) is 13.2 Å². The quantitative estimate of drug-likeness (QED) is 0.453. The maximum atomic E-state index is 10.8. The lowest BCUT2D eigenvalue weighted by Gasteiger charge is -2.30. The number of hydrogen-bond acceptors (Lipinski definition) is 1. The summed E-state index contributed by atoms with van der Waals surface area (Å²) in [5.41, 5.74) is -0.143. The van der Waals surface area contributed by atoms with Crippen molar-refractivity contribution >= 4 is 6.29 Å². The number of aldehydes is 1. The van der Waals surface area contributed by atoms with Gasteiger partial charge in [0.1, 0.15) is 6.29 Å². The van der Waals surface area contributed by atoms with E-state index in [1.807, 2.05) is 32.9 Å². The van der Waals surface area contributed by atoms with E-state index >= 15 is 0 Å². The third-order valence-electron chi connectivity index (χ3n) is 2.47. The van der Waals surface area contributed by atoms with Crippen molar-refractivity contribution in [2.24, 2.45) is 17.3 Å². The highest BCUT2D eigenvalue weighted by Gasteiger charge is 2.29. The molecule has 1 nitrogen and oxygen atoms in total. The van der Waals surface area contributed by atoms with E-state index in [1.54, 1.807) is 0 Å². The predicted molar refractivity (Wildman–Crippen MR) is 52.9 cm³/mol. The van der Waals surface area contributed by atoms with E-state index in [-0.39, 0.29) is 17.3 Å². The Hall–Kier alpha value is -0.850. The number of rotatable bonds is 5. The van der Waals surface area contributed by atoms with Crippen molar-refractivity contribution in [3.05, 3.63) is 25.3 Å². The third-order valence-corrected chi connectivity index (χ3v) is 2.47. The Morgan fingerprint density at radius 3 is 2.08 bits per heavy atom. The largest absolute Gasteiger partial charge is 0.303 e. The van der Waals surface area contributed by atoms with Crippen molar-refractivity contribution in [1.29, 1.82) is 0 Å². The first-order valence-electron chi connectivity index (χ1n) is 4.21. The van der Waals surface area contributed by atoms with E-state index in [1.165, 1.54) is 0 Å². The van der Waals surface area contributed by atoms with Crippen LogP contribution in [0.4, 0.5) is 0 Å². The lowest BCUT2D eigenvalue weighted by molar-refractivity contribution is -0.114. The highest BCUT2D eigenvalue weighted by molar-refractivity contribution is 5.56.